The number of hydrogen-bond donors (Lipinski definition) is 0. The molecule has 0 spiro atoms. The molecule has 2 rings (SSSR count). The molecule has 18 heavy (non-hydrogen) atoms. The smallest absolute Gasteiger partial charge is 0.0998 e. The van der Waals surface area contributed by atoms with Gasteiger partial charge in [-0.3, -0.25) is 0 Å². The molecule has 2 aromatic rings. The van der Waals surface area contributed by atoms with Crippen molar-refractivity contribution in [3.05, 3.63) is 70.2 Å². The Balaban J connectivity index is 2.44. The van der Waals surface area contributed by atoms with Crippen LogP contribution in [0.5, 0.6) is 0 Å². The van der Waals surface area contributed by atoms with Gasteiger partial charge in [-0.15, -0.1) is 0 Å². The topological polar surface area (TPSA) is 23.8 Å². The maximum absolute atomic E-state index is 9.24. The number of allylic oxidation sites excluding steroid dienone is 1. The quantitative estimate of drug-likeness (QED) is 0.562. The third-order valence-electron chi connectivity index (χ3n) is 2.67. The molecule has 2 heteroatoms. The molecule has 0 saturated carbocycles. The van der Waals surface area contributed by atoms with Gasteiger partial charge in [0.2, 0.25) is 0 Å². The van der Waals surface area contributed by atoms with Gasteiger partial charge in [-0.25, -0.2) is 0 Å². The van der Waals surface area contributed by atoms with Crippen molar-refractivity contribution < 1.29 is 0 Å². The Morgan fingerprint density at radius 2 is 1.78 bits per heavy atom. The van der Waals surface area contributed by atoms with Crippen LogP contribution in [0.1, 0.15) is 16.7 Å². The van der Waals surface area contributed by atoms with Gasteiger partial charge in [-0.05, 0) is 24.6 Å². The second-order valence-electron chi connectivity index (χ2n) is 4.06. The molecule has 0 atom stereocenters. The van der Waals surface area contributed by atoms with Crippen LogP contribution in [0.4, 0.5) is 0 Å². The van der Waals surface area contributed by atoms with E-state index in [9.17, 15) is 5.26 Å². The monoisotopic (exact) mass is 253 g/mol. The molecule has 0 aliphatic heterocycles. The van der Waals surface area contributed by atoms with E-state index in [1.54, 1.807) is 6.07 Å². The molecule has 0 aromatic heterocycles. The Kier molecular flexibility index (Phi) is 3.82. The minimum atomic E-state index is 0.574. The van der Waals surface area contributed by atoms with Gasteiger partial charge in [0.05, 0.1) is 11.6 Å². The van der Waals surface area contributed by atoms with Crippen molar-refractivity contribution in [1.29, 1.82) is 5.26 Å². The highest BCUT2D eigenvalue weighted by Gasteiger charge is 2.04. The van der Waals surface area contributed by atoms with Crippen molar-refractivity contribution in [1.82, 2.24) is 0 Å². The lowest BCUT2D eigenvalue weighted by molar-refractivity contribution is 1.46. The zero-order valence-electron chi connectivity index (χ0n) is 10.0. The van der Waals surface area contributed by atoms with Crippen LogP contribution in [-0.2, 0) is 0 Å². The molecule has 1 nitrogen and oxygen atoms in total. The summed E-state index contributed by atoms with van der Waals surface area (Å²) in [6.45, 7) is 2.03. The number of nitrogens with zero attached hydrogens (tertiary/aromatic N) is 1. The molecule has 0 radical (unpaired) electrons. The van der Waals surface area contributed by atoms with E-state index in [4.69, 9.17) is 11.6 Å². The molecule has 0 heterocycles. The van der Waals surface area contributed by atoms with E-state index in [1.807, 2.05) is 55.5 Å². The summed E-state index contributed by atoms with van der Waals surface area (Å²) in [6, 6.07) is 17.6. The van der Waals surface area contributed by atoms with Crippen LogP contribution in [0, 0.1) is 18.3 Å². The third-order valence-corrected chi connectivity index (χ3v) is 3.00. The number of hydrogen-bond acceptors (Lipinski definition) is 1. The zero-order valence-corrected chi connectivity index (χ0v) is 10.8. The summed E-state index contributed by atoms with van der Waals surface area (Å²) in [5.41, 5.74) is 3.53. The van der Waals surface area contributed by atoms with Crippen LogP contribution in [0.15, 0.2) is 48.5 Å². The predicted octanol–water partition coefficient (Wildman–Crippen LogP) is 4.71. The van der Waals surface area contributed by atoms with Crippen molar-refractivity contribution in [3.63, 3.8) is 0 Å². The molecule has 0 saturated heterocycles. The lowest BCUT2D eigenvalue weighted by atomic mass is 10.0. The standard InChI is InChI=1S/C16H12ClN/c1-12-6-8-13(9-7-12)10-14(11-18)15-4-2-3-5-16(15)17/h2-10H,1H3. The van der Waals surface area contributed by atoms with Crippen LogP contribution in [-0.4, -0.2) is 0 Å². The number of halogens is 1. The van der Waals surface area contributed by atoms with E-state index in [0.29, 0.717) is 10.6 Å². The second-order valence-corrected chi connectivity index (χ2v) is 4.47. The molecule has 0 fully saturated rings. The normalized spacial score (nSPS) is 11.1. The fraction of sp³-hybridized carbons (Fsp3) is 0.0625. The summed E-state index contributed by atoms with van der Waals surface area (Å²) < 4.78 is 0. The zero-order chi connectivity index (χ0) is 13.0. The van der Waals surface area contributed by atoms with Crippen molar-refractivity contribution in [3.8, 4) is 6.07 Å². The van der Waals surface area contributed by atoms with Crippen molar-refractivity contribution in [2.75, 3.05) is 0 Å². The molecular weight excluding hydrogens is 242 g/mol. The van der Waals surface area contributed by atoms with Gasteiger partial charge >= 0.3 is 0 Å². The molecule has 0 bridgehead atoms. The van der Waals surface area contributed by atoms with Crippen LogP contribution in [0.2, 0.25) is 5.02 Å². The Bertz CT molecular complexity index is 618. The second kappa shape index (κ2) is 5.53. The molecule has 0 aliphatic carbocycles. The Hall–Kier alpha value is -2.04. The van der Waals surface area contributed by atoms with Gasteiger partial charge in [-0.2, -0.15) is 5.26 Å². The first-order chi connectivity index (χ1) is 8.70. The maximum atomic E-state index is 9.24. The van der Waals surface area contributed by atoms with Crippen molar-refractivity contribution >= 4 is 23.3 Å². The number of nitriles is 1. The number of aryl methyl sites for hydroxylation is 1. The molecule has 0 amide bonds. The lowest BCUT2D eigenvalue weighted by Gasteiger charge is -2.02. The minimum Gasteiger partial charge on any atom is -0.192 e. The van der Waals surface area contributed by atoms with Gasteiger partial charge in [-0.1, -0.05) is 59.6 Å². The van der Waals surface area contributed by atoms with Crippen LogP contribution >= 0.6 is 11.6 Å². The van der Waals surface area contributed by atoms with Crippen molar-refractivity contribution in [2.45, 2.75) is 6.92 Å². The van der Waals surface area contributed by atoms with E-state index in [0.717, 1.165) is 11.1 Å². The summed E-state index contributed by atoms with van der Waals surface area (Å²) in [7, 11) is 0. The molecule has 88 valence electrons. The highest BCUT2D eigenvalue weighted by molar-refractivity contribution is 6.32. The summed E-state index contributed by atoms with van der Waals surface area (Å²) in [5, 5.41) is 9.84. The first-order valence-corrected chi connectivity index (χ1v) is 6.02. The molecule has 0 aliphatic rings. The Morgan fingerprint density at radius 3 is 2.39 bits per heavy atom. The Labute approximate surface area is 112 Å². The predicted molar refractivity (Wildman–Crippen MR) is 76.1 cm³/mol. The molecule has 0 N–H and O–H groups in total. The summed E-state index contributed by atoms with van der Waals surface area (Å²) in [4.78, 5) is 0. The van der Waals surface area contributed by atoms with Crippen LogP contribution in [0.3, 0.4) is 0 Å². The Morgan fingerprint density at radius 1 is 1.11 bits per heavy atom. The average Bonchev–Trinajstić information content (AvgIpc) is 2.39. The number of rotatable bonds is 2. The van der Waals surface area contributed by atoms with Crippen molar-refractivity contribution in [2.24, 2.45) is 0 Å². The summed E-state index contributed by atoms with van der Waals surface area (Å²) in [6.07, 6.45) is 1.85. The number of benzene rings is 2. The van der Waals surface area contributed by atoms with E-state index in [-0.39, 0.29) is 0 Å². The van der Waals surface area contributed by atoms with Gasteiger partial charge in [0.15, 0.2) is 0 Å². The molecule has 0 unspecified atom stereocenters. The maximum Gasteiger partial charge on any atom is 0.0998 e. The van der Waals surface area contributed by atoms with E-state index < -0.39 is 0 Å². The first kappa shape index (κ1) is 12.4. The highest BCUT2D eigenvalue weighted by Crippen LogP contribution is 2.25. The van der Waals surface area contributed by atoms with Gasteiger partial charge in [0.1, 0.15) is 0 Å². The summed E-state index contributed by atoms with van der Waals surface area (Å²) in [5.74, 6) is 0. The average molecular weight is 254 g/mol. The van der Waals surface area contributed by atoms with E-state index in [2.05, 4.69) is 6.07 Å². The van der Waals surface area contributed by atoms with E-state index >= 15 is 0 Å². The fourth-order valence-corrected chi connectivity index (χ4v) is 1.92. The lowest BCUT2D eigenvalue weighted by Crippen LogP contribution is -1.83. The molecular formula is C16H12ClN. The van der Waals surface area contributed by atoms with Gasteiger partial charge < -0.3 is 0 Å². The van der Waals surface area contributed by atoms with Gasteiger partial charge in [0.25, 0.3) is 0 Å². The largest absolute Gasteiger partial charge is 0.192 e. The SMILES string of the molecule is Cc1ccc(C=C(C#N)c2ccccc2Cl)cc1. The van der Waals surface area contributed by atoms with Crippen LogP contribution in [0.25, 0.3) is 11.6 Å². The first-order valence-electron chi connectivity index (χ1n) is 5.64. The fourth-order valence-electron chi connectivity index (χ4n) is 1.68. The third kappa shape index (κ3) is 2.80. The van der Waals surface area contributed by atoms with E-state index in [1.165, 1.54) is 5.56 Å². The summed E-state index contributed by atoms with van der Waals surface area (Å²) >= 11 is 6.10. The highest BCUT2D eigenvalue weighted by atomic mass is 35.5. The molecule has 2 aromatic carbocycles. The van der Waals surface area contributed by atoms with Gasteiger partial charge in [0, 0.05) is 10.6 Å². The minimum absolute atomic E-state index is 0.574. The van der Waals surface area contributed by atoms with Crippen LogP contribution < -0.4 is 0 Å².